The second-order valence-electron chi connectivity index (χ2n) is 5.66. The van der Waals surface area contributed by atoms with Gasteiger partial charge in [0.15, 0.2) is 0 Å². The smallest absolute Gasteiger partial charge is 0.140 e. The average molecular weight is 275 g/mol. The lowest BCUT2D eigenvalue weighted by Crippen LogP contribution is -2.11. The summed E-state index contributed by atoms with van der Waals surface area (Å²) in [6, 6.07) is 8.27. The Hall–Kier alpha value is -1.35. The number of ether oxygens (including phenoxy) is 1. The van der Waals surface area contributed by atoms with Crippen LogP contribution in [-0.2, 0) is 18.4 Å². The summed E-state index contributed by atoms with van der Waals surface area (Å²) >= 11 is 1.67. The molecule has 0 saturated carbocycles. The van der Waals surface area contributed by atoms with Gasteiger partial charge >= 0.3 is 0 Å². The first-order valence-corrected chi connectivity index (χ1v) is 7.53. The molecule has 0 radical (unpaired) electrons. The van der Waals surface area contributed by atoms with E-state index in [0.717, 1.165) is 22.9 Å². The largest absolute Gasteiger partial charge is 0.486 e. The standard InChI is InChI=1S/C16H21NOS/c1-5-12-6-8-13(9-7-12)18-10-15-17-14(11-19-15)16(2,3)4/h6-9,11H,5,10H2,1-4H3. The van der Waals surface area contributed by atoms with Crippen molar-refractivity contribution in [1.29, 1.82) is 0 Å². The molecule has 0 amide bonds. The van der Waals surface area contributed by atoms with E-state index in [1.807, 2.05) is 12.1 Å². The molecule has 2 rings (SSSR count). The van der Waals surface area contributed by atoms with E-state index in [0.29, 0.717) is 6.61 Å². The summed E-state index contributed by atoms with van der Waals surface area (Å²) in [6.07, 6.45) is 1.06. The molecule has 1 heterocycles. The van der Waals surface area contributed by atoms with Gasteiger partial charge in [0.2, 0.25) is 0 Å². The van der Waals surface area contributed by atoms with Gasteiger partial charge in [0, 0.05) is 10.8 Å². The molecular formula is C16H21NOS. The van der Waals surface area contributed by atoms with Crippen molar-refractivity contribution >= 4 is 11.3 Å². The normalized spacial score (nSPS) is 11.6. The summed E-state index contributed by atoms with van der Waals surface area (Å²) in [5, 5.41) is 3.16. The van der Waals surface area contributed by atoms with Gasteiger partial charge in [-0.15, -0.1) is 11.3 Å². The summed E-state index contributed by atoms with van der Waals surface area (Å²) in [4.78, 5) is 4.62. The van der Waals surface area contributed by atoms with Crippen molar-refractivity contribution in [3.05, 3.63) is 45.9 Å². The maximum absolute atomic E-state index is 5.77. The number of rotatable bonds is 4. The topological polar surface area (TPSA) is 22.1 Å². The predicted molar refractivity (Wildman–Crippen MR) is 81.0 cm³/mol. The minimum Gasteiger partial charge on any atom is -0.486 e. The zero-order valence-corrected chi connectivity index (χ0v) is 12.9. The predicted octanol–water partition coefficient (Wildman–Crippen LogP) is 4.58. The molecule has 0 saturated heterocycles. The molecule has 0 spiro atoms. The second-order valence-corrected chi connectivity index (χ2v) is 6.61. The van der Waals surface area contributed by atoms with Crippen LogP contribution in [0.25, 0.3) is 0 Å². The molecule has 0 atom stereocenters. The molecule has 0 N–H and O–H groups in total. The van der Waals surface area contributed by atoms with Crippen LogP contribution in [-0.4, -0.2) is 4.98 Å². The number of aryl methyl sites for hydroxylation is 1. The van der Waals surface area contributed by atoms with E-state index in [1.165, 1.54) is 5.56 Å². The van der Waals surface area contributed by atoms with E-state index in [1.54, 1.807) is 11.3 Å². The Kier molecular flexibility index (Phi) is 4.25. The first kappa shape index (κ1) is 14.1. The van der Waals surface area contributed by atoms with Crippen molar-refractivity contribution < 1.29 is 4.74 Å². The molecule has 3 heteroatoms. The third-order valence-electron chi connectivity index (χ3n) is 3.01. The molecule has 1 aromatic carbocycles. The van der Waals surface area contributed by atoms with Gasteiger partial charge < -0.3 is 4.74 Å². The van der Waals surface area contributed by atoms with Crippen LogP contribution >= 0.6 is 11.3 Å². The lowest BCUT2D eigenvalue weighted by Gasteiger charge is -2.14. The number of hydrogen-bond donors (Lipinski definition) is 0. The highest BCUT2D eigenvalue weighted by Gasteiger charge is 2.17. The summed E-state index contributed by atoms with van der Waals surface area (Å²) in [7, 11) is 0. The Morgan fingerprint density at radius 2 is 1.84 bits per heavy atom. The zero-order chi connectivity index (χ0) is 13.9. The molecular weight excluding hydrogens is 254 g/mol. The lowest BCUT2D eigenvalue weighted by atomic mass is 9.93. The van der Waals surface area contributed by atoms with E-state index in [9.17, 15) is 0 Å². The number of nitrogens with zero attached hydrogens (tertiary/aromatic N) is 1. The van der Waals surface area contributed by atoms with E-state index in [4.69, 9.17) is 4.74 Å². The van der Waals surface area contributed by atoms with Crippen LogP contribution in [0, 0.1) is 0 Å². The SMILES string of the molecule is CCc1ccc(OCc2nc(C(C)(C)C)cs2)cc1. The fourth-order valence-corrected chi connectivity index (χ4v) is 2.62. The van der Waals surface area contributed by atoms with E-state index >= 15 is 0 Å². The summed E-state index contributed by atoms with van der Waals surface area (Å²) in [5.74, 6) is 0.907. The molecule has 1 aromatic heterocycles. The van der Waals surface area contributed by atoms with Crippen LogP contribution in [0.4, 0.5) is 0 Å². The fraction of sp³-hybridized carbons (Fsp3) is 0.438. The number of hydrogen-bond acceptors (Lipinski definition) is 3. The molecule has 19 heavy (non-hydrogen) atoms. The van der Waals surface area contributed by atoms with Crippen LogP contribution in [0.5, 0.6) is 5.75 Å². The number of benzene rings is 1. The highest BCUT2D eigenvalue weighted by molar-refractivity contribution is 7.09. The van der Waals surface area contributed by atoms with Crippen molar-refractivity contribution in [2.24, 2.45) is 0 Å². The van der Waals surface area contributed by atoms with Crippen LogP contribution in [0.2, 0.25) is 0 Å². The molecule has 0 unspecified atom stereocenters. The van der Waals surface area contributed by atoms with Crippen LogP contribution in [0.3, 0.4) is 0 Å². The molecule has 0 bridgehead atoms. The monoisotopic (exact) mass is 275 g/mol. The number of thiazole rings is 1. The van der Waals surface area contributed by atoms with Crippen LogP contribution < -0.4 is 4.74 Å². The summed E-state index contributed by atoms with van der Waals surface area (Å²) < 4.78 is 5.77. The van der Waals surface area contributed by atoms with Gasteiger partial charge in [0.05, 0.1) is 5.69 Å². The first-order valence-electron chi connectivity index (χ1n) is 6.65. The minimum atomic E-state index is 0.109. The van der Waals surface area contributed by atoms with Crippen molar-refractivity contribution in [2.75, 3.05) is 0 Å². The molecule has 0 aliphatic heterocycles. The van der Waals surface area contributed by atoms with Gasteiger partial charge in [-0.1, -0.05) is 39.8 Å². The average Bonchev–Trinajstić information content (AvgIpc) is 2.86. The van der Waals surface area contributed by atoms with Crippen molar-refractivity contribution in [3.63, 3.8) is 0 Å². The van der Waals surface area contributed by atoms with Crippen molar-refractivity contribution in [1.82, 2.24) is 4.98 Å². The van der Waals surface area contributed by atoms with Gasteiger partial charge in [0.1, 0.15) is 17.4 Å². The second kappa shape index (κ2) is 5.74. The van der Waals surface area contributed by atoms with Gasteiger partial charge in [-0.25, -0.2) is 4.98 Å². The highest BCUT2D eigenvalue weighted by atomic mass is 32.1. The Morgan fingerprint density at radius 3 is 2.37 bits per heavy atom. The Balaban J connectivity index is 1.96. The lowest BCUT2D eigenvalue weighted by molar-refractivity contribution is 0.305. The number of aromatic nitrogens is 1. The quantitative estimate of drug-likeness (QED) is 0.814. The van der Waals surface area contributed by atoms with E-state index < -0.39 is 0 Å². The maximum Gasteiger partial charge on any atom is 0.140 e. The van der Waals surface area contributed by atoms with Crippen molar-refractivity contribution in [3.8, 4) is 5.75 Å². The van der Waals surface area contributed by atoms with E-state index in [-0.39, 0.29) is 5.41 Å². The summed E-state index contributed by atoms with van der Waals surface area (Å²) in [5.41, 5.74) is 2.58. The van der Waals surface area contributed by atoms with Crippen molar-refractivity contribution in [2.45, 2.75) is 46.1 Å². The maximum atomic E-state index is 5.77. The Morgan fingerprint density at radius 1 is 1.16 bits per heavy atom. The molecule has 0 aliphatic rings. The third-order valence-corrected chi connectivity index (χ3v) is 3.84. The minimum absolute atomic E-state index is 0.109. The Labute approximate surface area is 119 Å². The van der Waals surface area contributed by atoms with Gasteiger partial charge in [-0.2, -0.15) is 0 Å². The molecule has 0 fully saturated rings. The molecule has 102 valence electrons. The highest BCUT2D eigenvalue weighted by Crippen LogP contribution is 2.24. The third kappa shape index (κ3) is 3.80. The zero-order valence-electron chi connectivity index (χ0n) is 12.1. The van der Waals surface area contributed by atoms with Gasteiger partial charge in [-0.3, -0.25) is 0 Å². The van der Waals surface area contributed by atoms with Gasteiger partial charge in [0.25, 0.3) is 0 Å². The molecule has 2 nitrogen and oxygen atoms in total. The van der Waals surface area contributed by atoms with Gasteiger partial charge in [-0.05, 0) is 24.1 Å². The Bertz CT molecular complexity index is 522. The van der Waals surface area contributed by atoms with Crippen LogP contribution in [0.1, 0.15) is 44.0 Å². The molecule has 2 aromatic rings. The van der Waals surface area contributed by atoms with E-state index in [2.05, 4.69) is 50.2 Å². The fourth-order valence-electron chi connectivity index (χ4n) is 1.69. The molecule has 0 aliphatic carbocycles. The van der Waals surface area contributed by atoms with Crippen LogP contribution in [0.15, 0.2) is 29.6 Å². The first-order chi connectivity index (χ1) is 8.99. The summed E-state index contributed by atoms with van der Waals surface area (Å²) in [6.45, 7) is 9.23.